The number of hydrogen-bond donors (Lipinski definition) is 0. The third kappa shape index (κ3) is 3.47. The van der Waals surface area contributed by atoms with Crippen molar-refractivity contribution >= 4 is 43.5 Å². The lowest BCUT2D eigenvalue weighted by molar-refractivity contribution is 1.03. The Labute approximate surface area is 142 Å². The van der Waals surface area contributed by atoms with Gasteiger partial charge < -0.3 is 0 Å². The van der Waals surface area contributed by atoms with Crippen molar-refractivity contribution in [1.82, 2.24) is 0 Å². The number of halogens is 3. The summed E-state index contributed by atoms with van der Waals surface area (Å²) in [5.41, 5.74) is 5.30. The molecule has 0 aliphatic heterocycles. The van der Waals surface area contributed by atoms with Crippen LogP contribution in [0, 0.1) is 0 Å². The summed E-state index contributed by atoms with van der Waals surface area (Å²) in [4.78, 5) is 0.176. The molecular formula is C17H17Br2Cl. The highest BCUT2D eigenvalue weighted by atomic mass is 79.9. The van der Waals surface area contributed by atoms with Crippen molar-refractivity contribution < 1.29 is 0 Å². The molecule has 0 N–H and O–H groups in total. The first-order valence-corrected chi connectivity index (χ1v) is 8.86. The van der Waals surface area contributed by atoms with Gasteiger partial charge in [0.15, 0.2) is 0 Å². The zero-order valence-electron chi connectivity index (χ0n) is 11.6. The lowest BCUT2D eigenvalue weighted by Crippen LogP contribution is -2.00. The van der Waals surface area contributed by atoms with Crippen LogP contribution in [0.25, 0.3) is 0 Å². The SMILES string of the molecule is CCc1ccc(CC)c(C(Br)c2ccc(Cl)cc2Br)c1. The van der Waals surface area contributed by atoms with E-state index in [1.54, 1.807) is 0 Å². The summed E-state index contributed by atoms with van der Waals surface area (Å²) in [6.45, 7) is 4.38. The number of hydrogen-bond acceptors (Lipinski definition) is 0. The fraction of sp³-hybridized carbons (Fsp3) is 0.294. The van der Waals surface area contributed by atoms with E-state index in [1.165, 1.54) is 22.3 Å². The van der Waals surface area contributed by atoms with Gasteiger partial charge in [-0.2, -0.15) is 0 Å². The van der Waals surface area contributed by atoms with Crippen LogP contribution in [0.2, 0.25) is 5.02 Å². The molecule has 0 bridgehead atoms. The fourth-order valence-corrected chi connectivity index (χ4v) is 4.34. The van der Waals surface area contributed by atoms with Gasteiger partial charge in [0.25, 0.3) is 0 Å². The maximum atomic E-state index is 6.03. The van der Waals surface area contributed by atoms with Crippen LogP contribution >= 0.6 is 43.5 Å². The first-order chi connectivity index (χ1) is 9.56. The van der Waals surface area contributed by atoms with E-state index in [4.69, 9.17) is 11.6 Å². The van der Waals surface area contributed by atoms with E-state index in [0.29, 0.717) is 0 Å². The first kappa shape index (κ1) is 16.1. The summed E-state index contributed by atoms with van der Waals surface area (Å²) in [7, 11) is 0. The van der Waals surface area contributed by atoms with E-state index in [0.717, 1.165) is 22.3 Å². The zero-order valence-corrected chi connectivity index (χ0v) is 15.5. The molecule has 0 saturated carbocycles. The van der Waals surface area contributed by atoms with Gasteiger partial charge in [-0.05, 0) is 47.2 Å². The summed E-state index contributed by atoms with van der Waals surface area (Å²) in [5, 5.41) is 0.748. The molecule has 1 atom stereocenters. The number of alkyl halides is 1. The molecular weight excluding hydrogens is 399 g/mol. The molecule has 0 nitrogen and oxygen atoms in total. The monoisotopic (exact) mass is 414 g/mol. The summed E-state index contributed by atoms with van der Waals surface area (Å²) < 4.78 is 1.04. The third-order valence-electron chi connectivity index (χ3n) is 3.51. The quantitative estimate of drug-likeness (QED) is 0.486. The third-order valence-corrected chi connectivity index (χ3v) is 5.42. The van der Waals surface area contributed by atoms with Gasteiger partial charge in [-0.3, -0.25) is 0 Å². The van der Waals surface area contributed by atoms with Gasteiger partial charge in [0.05, 0.1) is 4.83 Å². The molecule has 20 heavy (non-hydrogen) atoms. The second-order valence-electron chi connectivity index (χ2n) is 4.77. The van der Waals surface area contributed by atoms with Crippen LogP contribution < -0.4 is 0 Å². The van der Waals surface area contributed by atoms with Gasteiger partial charge in [-0.25, -0.2) is 0 Å². The van der Waals surface area contributed by atoms with Gasteiger partial charge in [0, 0.05) is 9.50 Å². The molecule has 0 radical (unpaired) electrons. The molecule has 0 amide bonds. The number of rotatable bonds is 4. The van der Waals surface area contributed by atoms with Crippen molar-refractivity contribution in [3.63, 3.8) is 0 Å². The molecule has 0 aliphatic rings. The molecule has 2 rings (SSSR count). The van der Waals surface area contributed by atoms with E-state index >= 15 is 0 Å². The molecule has 0 saturated heterocycles. The Hall–Kier alpha value is -0.310. The Bertz CT molecular complexity index is 608. The van der Waals surface area contributed by atoms with E-state index in [1.807, 2.05) is 12.1 Å². The molecule has 3 heteroatoms. The first-order valence-electron chi connectivity index (χ1n) is 6.77. The molecule has 1 unspecified atom stereocenters. The predicted octanol–water partition coefficient (Wildman–Crippen LogP) is 6.71. The van der Waals surface area contributed by atoms with E-state index < -0.39 is 0 Å². The molecule has 0 heterocycles. The summed E-state index contributed by atoms with van der Waals surface area (Å²) in [5.74, 6) is 0. The highest BCUT2D eigenvalue weighted by molar-refractivity contribution is 9.11. The van der Waals surface area contributed by atoms with Gasteiger partial charge in [-0.1, -0.05) is 81.6 Å². The smallest absolute Gasteiger partial charge is 0.0658 e. The number of aryl methyl sites for hydroxylation is 2. The van der Waals surface area contributed by atoms with Gasteiger partial charge >= 0.3 is 0 Å². The van der Waals surface area contributed by atoms with Crippen molar-refractivity contribution in [2.45, 2.75) is 31.5 Å². The highest BCUT2D eigenvalue weighted by Crippen LogP contribution is 2.38. The van der Waals surface area contributed by atoms with Gasteiger partial charge in [0.2, 0.25) is 0 Å². The normalized spacial score (nSPS) is 12.4. The Morgan fingerprint density at radius 2 is 1.75 bits per heavy atom. The van der Waals surface area contributed by atoms with E-state index in [9.17, 15) is 0 Å². The van der Waals surface area contributed by atoms with Crippen LogP contribution in [-0.4, -0.2) is 0 Å². The minimum absolute atomic E-state index is 0.176. The van der Waals surface area contributed by atoms with Crippen LogP contribution in [0.1, 0.15) is 40.9 Å². The Morgan fingerprint density at radius 3 is 2.35 bits per heavy atom. The molecule has 2 aromatic carbocycles. The standard InChI is InChI=1S/C17H17Br2Cl/c1-3-11-5-6-12(4-2)15(9-11)17(19)14-8-7-13(20)10-16(14)18/h5-10,17H,3-4H2,1-2H3. The second kappa shape index (κ2) is 7.11. The average molecular weight is 417 g/mol. The largest absolute Gasteiger partial charge is 0.0843 e. The highest BCUT2D eigenvalue weighted by Gasteiger charge is 2.17. The zero-order chi connectivity index (χ0) is 14.7. The summed E-state index contributed by atoms with van der Waals surface area (Å²) >= 11 is 13.5. The number of benzene rings is 2. The predicted molar refractivity (Wildman–Crippen MR) is 95.1 cm³/mol. The molecule has 2 aromatic rings. The fourth-order valence-electron chi connectivity index (χ4n) is 2.30. The minimum Gasteiger partial charge on any atom is -0.0843 e. The lowest BCUT2D eigenvalue weighted by Gasteiger charge is -2.18. The molecule has 0 spiro atoms. The van der Waals surface area contributed by atoms with Crippen molar-refractivity contribution in [3.05, 3.63) is 68.1 Å². The van der Waals surface area contributed by atoms with Crippen LogP contribution in [-0.2, 0) is 12.8 Å². The maximum Gasteiger partial charge on any atom is 0.0658 e. The van der Waals surface area contributed by atoms with Crippen LogP contribution in [0.15, 0.2) is 40.9 Å². The van der Waals surface area contributed by atoms with Gasteiger partial charge in [0.1, 0.15) is 0 Å². The molecule has 0 aromatic heterocycles. The summed E-state index contributed by atoms with van der Waals surface area (Å²) in [6.07, 6.45) is 2.09. The average Bonchev–Trinajstić information content (AvgIpc) is 2.46. The van der Waals surface area contributed by atoms with Crippen molar-refractivity contribution in [1.29, 1.82) is 0 Å². The van der Waals surface area contributed by atoms with E-state index in [2.05, 4.69) is 70.0 Å². The summed E-state index contributed by atoms with van der Waals surface area (Å²) in [6, 6.07) is 12.7. The van der Waals surface area contributed by atoms with Crippen LogP contribution in [0.4, 0.5) is 0 Å². The lowest BCUT2D eigenvalue weighted by atomic mass is 9.95. The molecule has 0 aliphatic carbocycles. The molecule has 0 fully saturated rings. The maximum absolute atomic E-state index is 6.03. The van der Waals surface area contributed by atoms with E-state index in [-0.39, 0.29) is 4.83 Å². The Balaban J connectivity index is 2.48. The topological polar surface area (TPSA) is 0 Å². The van der Waals surface area contributed by atoms with Crippen molar-refractivity contribution in [2.75, 3.05) is 0 Å². The minimum atomic E-state index is 0.176. The molecule has 106 valence electrons. The van der Waals surface area contributed by atoms with Gasteiger partial charge in [-0.15, -0.1) is 0 Å². The second-order valence-corrected chi connectivity index (χ2v) is 6.98. The van der Waals surface area contributed by atoms with Crippen molar-refractivity contribution in [3.8, 4) is 0 Å². The Kier molecular flexibility index (Phi) is 5.71. The Morgan fingerprint density at radius 1 is 1.00 bits per heavy atom. The van der Waals surface area contributed by atoms with Crippen LogP contribution in [0.3, 0.4) is 0 Å². The van der Waals surface area contributed by atoms with Crippen LogP contribution in [0.5, 0.6) is 0 Å². The van der Waals surface area contributed by atoms with Crippen molar-refractivity contribution in [2.24, 2.45) is 0 Å².